The third-order valence-electron chi connectivity index (χ3n) is 13.2. The average molecular weight is 554 g/mol. The molecule has 0 spiro atoms. The second kappa shape index (κ2) is 9.56. The van der Waals surface area contributed by atoms with Gasteiger partial charge in [0.15, 0.2) is 5.76 Å². The van der Waals surface area contributed by atoms with Crippen LogP contribution in [0.4, 0.5) is 0 Å². The molecule has 0 aliphatic heterocycles. The van der Waals surface area contributed by atoms with Crippen molar-refractivity contribution in [2.45, 2.75) is 99.5 Å². The van der Waals surface area contributed by atoms with E-state index < -0.39 is 0 Å². The van der Waals surface area contributed by atoms with E-state index in [2.05, 4.69) is 89.1 Å². The SMILES string of the molecule is CC[C@@]12CC[C@@]3(C)C4=CC(=O)C(O)=C(C)C4=CC=C3[C@@]1(C)CC[C@@]1(C)CC[C@@](C)(CN(C)Cc3ccccc3)C[C@H]12. The lowest BCUT2D eigenvalue weighted by molar-refractivity contribution is -0.174. The Morgan fingerprint density at radius 2 is 1.66 bits per heavy atom. The molecule has 1 aromatic carbocycles. The molecule has 0 radical (unpaired) electrons. The van der Waals surface area contributed by atoms with Crippen LogP contribution in [-0.4, -0.2) is 29.4 Å². The van der Waals surface area contributed by atoms with Gasteiger partial charge in [-0.3, -0.25) is 4.79 Å². The van der Waals surface area contributed by atoms with Crippen molar-refractivity contribution in [1.82, 2.24) is 4.90 Å². The monoisotopic (exact) mass is 553 g/mol. The third-order valence-corrected chi connectivity index (χ3v) is 13.2. The quantitative estimate of drug-likeness (QED) is 0.395. The molecule has 3 heteroatoms. The molecule has 0 amide bonds. The number of aliphatic hydroxyl groups is 1. The van der Waals surface area contributed by atoms with Crippen LogP contribution in [0.2, 0.25) is 0 Å². The summed E-state index contributed by atoms with van der Waals surface area (Å²) >= 11 is 0. The van der Waals surface area contributed by atoms with Crippen molar-refractivity contribution < 1.29 is 9.90 Å². The fourth-order valence-electron chi connectivity index (χ4n) is 10.8. The molecule has 0 aromatic heterocycles. The second-order valence-electron chi connectivity index (χ2n) is 15.6. The van der Waals surface area contributed by atoms with Crippen molar-refractivity contribution in [3.05, 3.63) is 82.2 Å². The fourth-order valence-corrected chi connectivity index (χ4v) is 10.8. The summed E-state index contributed by atoms with van der Waals surface area (Å²) in [6, 6.07) is 10.9. The third kappa shape index (κ3) is 4.12. The lowest BCUT2D eigenvalue weighted by Crippen LogP contribution is -2.63. The maximum absolute atomic E-state index is 12.8. The first-order chi connectivity index (χ1) is 19.3. The van der Waals surface area contributed by atoms with Gasteiger partial charge in [0.25, 0.3) is 0 Å². The smallest absolute Gasteiger partial charge is 0.220 e. The van der Waals surface area contributed by atoms with Crippen LogP contribution in [-0.2, 0) is 11.3 Å². The average Bonchev–Trinajstić information content (AvgIpc) is 2.93. The summed E-state index contributed by atoms with van der Waals surface area (Å²) in [6.07, 6.45) is 16.3. The molecule has 1 N–H and O–H groups in total. The van der Waals surface area contributed by atoms with Crippen LogP contribution < -0.4 is 0 Å². The van der Waals surface area contributed by atoms with Crippen LogP contribution in [0.3, 0.4) is 0 Å². The molecule has 3 fully saturated rings. The zero-order chi connectivity index (χ0) is 29.4. The molecule has 0 unspecified atom stereocenters. The van der Waals surface area contributed by atoms with Gasteiger partial charge >= 0.3 is 0 Å². The number of nitrogens with zero attached hydrogens (tertiary/aromatic N) is 1. The van der Waals surface area contributed by atoms with Gasteiger partial charge in [-0.15, -0.1) is 0 Å². The van der Waals surface area contributed by atoms with E-state index in [9.17, 15) is 9.90 Å². The van der Waals surface area contributed by atoms with E-state index in [-0.39, 0.29) is 27.8 Å². The Morgan fingerprint density at radius 3 is 2.37 bits per heavy atom. The molecule has 220 valence electrons. The van der Waals surface area contributed by atoms with Crippen LogP contribution in [0.25, 0.3) is 0 Å². The van der Waals surface area contributed by atoms with Crippen LogP contribution in [0.15, 0.2) is 76.6 Å². The number of allylic oxidation sites excluding steroid dienone is 7. The van der Waals surface area contributed by atoms with Crippen LogP contribution in [0.1, 0.15) is 98.5 Å². The molecule has 0 saturated heterocycles. The van der Waals surface area contributed by atoms with Crippen LogP contribution >= 0.6 is 0 Å². The van der Waals surface area contributed by atoms with E-state index in [0.29, 0.717) is 16.7 Å². The minimum atomic E-state index is -0.228. The topological polar surface area (TPSA) is 40.5 Å². The predicted octanol–water partition coefficient (Wildman–Crippen LogP) is 9.14. The van der Waals surface area contributed by atoms with Crippen molar-refractivity contribution in [2.24, 2.45) is 33.0 Å². The lowest BCUT2D eigenvalue weighted by Gasteiger charge is -2.71. The summed E-state index contributed by atoms with van der Waals surface area (Å²) in [5, 5.41) is 10.5. The normalized spacial score (nSPS) is 40.1. The fraction of sp³-hybridized carbons (Fsp3) is 0.605. The molecular formula is C38H51NO2. The number of hydrogen-bond acceptors (Lipinski definition) is 3. The molecular weight excluding hydrogens is 502 g/mol. The number of hydrogen-bond donors (Lipinski definition) is 1. The van der Waals surface area contributed by atoms with Crippen molar-refractivity contribution in [3.8, 4) is 0 Å². The largest absolute Gasteiger partial charge is 0.504 e. The summed E-state index contributed by atoms with van der Waals surface area (Å²) in [5.74, 6) is 0.372. The van der Waals surface area contributed by atoms with Crippen molar-refractivity contribution in [2.75, 3.05) is 13.6 Å². The Morgan fingerprint density at radius 1 is 0.951 bits per heavy atom. The summed E-state index contributed by atoms with van der Waals surface area (Å²) in [4.78, 5) is 15.4. The first-order valence-electron chi connectivity index (χ1n) is 16.1. The molecule has 0 bridgehead atoms. The first kappa shape index (κ1) is 28.7. The van der Waals surface area contributed by atoms with Gasteiger partial charge in [0, 0.05) is 24.1 Å². The molecule has 3 nitrogen and oxygen atoms in total. The number of ketones is 1. The Bertz CT molecular complexity index is 1380. The van der Waals surface area contributed by atoms with E-state index >= 15 is 0 Å². The molecule has 6 rings (SSSR count). The molecule has 1 aromatic rings. The van der Waals surface area contributed by atoms with E-state index in [1.54, 1.807) is 11.6 Å². The summed E-state index contributed by atoms with van der Waals surface area (Å²) in [6.45, 7) is 16.7. The zero-order valence-corrected chi connectivity index (χ0v) is 26.6. The van der Waals surface area contributed by atoms with Crippen molar-refractivity contribution >= 4 is 5.78 Å². The van der Waals surface area contributed by atoms with Gasteiger partial charge in [-0.2, -0.15) is 0 Å². The number of carbonyl (C=O) groups excluding carboxylic acids is 1. The Balaban J connectivity index is 1.36. The highest BCUT2D eigenvalue weighted by molar-refractivity contribution is 6.06. The molecule has 3 saturated carbocycles. The second-order valence-corrected chi connectivity index (χ2v) is 15.6. The molecule has 5 aliphatic rings. The van der Waals surface area contributed by atoms with E-state index in [1.807, 2.05) is 6.92 Å². The zero-order valence-electron chi connectivity index (χ0n) is 26.6. The Labute approximate surface area is 248 Å². The maximum atomic E-state index is 12.8. The van der Waals surface area contributed by atoms with E-state index in [1.165, 1.54) is 50.5 Å². The Kier molecular flexibility index (Phi) is 6.70. The number of benzene rings is 1. The van der Waals surface area contributed by atoms with Crippen LogP contribution in [0.5, 0.6) is 0 Å². The van der Waals surface area contributed by atoms with Crippen LogP contribution in [0, 0.1) is 33.0 Å². The highest BCUT2D eigenvalue weighted by Crippen LogP contribution is 2.76. The van der Waals surface area contributed by atoms with Crippen molar-refractivity contribution in [1.29, 1.82) is 0 Å². The molecule has 0 heterocycles. The molecule has 5 aliphatic carbocycles. The number of carbonyl (C=O) groups is 1. The minimum Gasteiger partial charge on any atom is -0.504 e. The molecule has 6 atom stereocenters. The summed E-state index contributed by atoms with van der Waals surface area (Å²) in [5.41, 5.74) is 6.77. The van der Waals surface area contributed by atoms with Gasteiger partial charge in [-0.05, 0) is 116 Å². The first-order valence-corrected chi connectivity index (χ1v) is 16.1. The summed E-state index contributed by atoms with van der Waals surface area (Å²) < 4.78 is 0. The number of aliphatic hydroxyl groups excluding tert-OH is 1. The van der Waals surface area contributed by atoms with Gasteiger partial charge in [0.2, 0.25) is 5.78 Å². The van der Waals surface area contributed by atoms with Gasteiger partial charge in [0.1, 0.15) is 0 Å². The number of fused-ring (bicyclic) bond motifs is 7. The van der Waals surface area contributed by atoms with E-state index in [0.717, 1.165) is 36.2 Å². The standard InChI is InChI=1S/C38H51NO2/c1-8-38-21-19-36(5)29-22-30(40)33(41)26(2)28(29)14-15-31(36)37(38,6)20-18-35(4)17-16-34(3,23-32(35)38)25-39(7)24-27-12-10-9-11-13-27/h9-15,22,32,41H,8,16-21,23-25H2,1-7H3/t32-,34-,35-,36+,37-,38+/m1/s1. The lowest BCUT2D eigenvalue weighted by atomic mass is 9.33. The molecule has 41 heavy (non-hydrogen) atoms. The minimum absolute atomic E-state index is 0.0856. The van der Waals surface area contributed by atoms with Gasteiger partial charge in [0.05, 0.1) is 0 Å². The Hall–Kier alpha value is -2.39. The highest BCUT2D eigenvalue weighted by Gasteiger charge is 2.67. The van der Waals surface area contributed by atoms with Gasteiger partial charge in [-0.1, -0.05) is 82.7 Å². The number of rotatable bonds is 5. The summed E-state index contributed by atoms with van der Waals surface area (Å²) in [7, 11) is 2.31. The predicted molar refractivity (Wildman–Crippen MR) is 168 cm³/mol. The maximum Gasteiger partial charge on any atom is 0.220 e. The van der Waals surface area contributed by atoms with Crippen molar-refractivity contribution in [3.63, 3.8) is 0 Å². The van der Waals surface area contributed by atoms with E-state index in [4.69, 9.17) is 0 Å². The van der Waals surface area contributed by atoms with Gasteiger partial charge in [-0.25, -0.2) is 0 Å². The van der Waals surface area contributed by atoms with Gasteiger partial charge < -0.3 is 10.0 Å². The highest BCUT2D eigenvalue weighted by atomic mass is 16.3.